The zero-order valence-electron chi connectivity index (χ0n) is 25.7. The Kier molecular flexibility index (Phi) is 12.4. The Bertz CT molecular complexity index is 1670. The number of carbonyl (C=O) groups is 6. The number of hydrogen-bond acceptors (Lipinski definition) is 8. The maximum Gasteiger partial charge on any atom is 0.395 e. The predicted molar refractivity (Wildman–Crippen MR) is 168 cm³/mol. The molecule has 6 N–H and O–H groups in total. The Labute approximate surface area is 269 Å². The first-order chi connectivity index (χ1) is 22.3. The average molecular weight is 650 g/mol. The molecule has 3 amide bonds. The van der Waals surface area contributed by atoms with Crippen LogP contribution in [0.5, 0.6) is 11.5 Å². The molecule has 0 spiro atoms. The van der Waals surface area contributed by atoms with Crippen molar-refractivity contribution in [2.75, 3.05) is 18.1 Å². The molecule has 0 heterocycles. The van der Waals surface area contributed by atoms with Crippen LogP contribution < -0.4 is 20.3 Å². The Morgan fingerprint density at radius 2 is 1.60 bits per heavy atom. The number of aromatic hydroxyl groups is 1. The van der Waals surface area contributed by atoms with E-state index in [9.17, 15) is 49.2 Å². The van der Waals surface area contributed by atoms with Crippen molar-refractivity contribution in [3.05, 3.63) is 82.9 Å². The fourth-order valence-electron chi connectivity index (χ4n) is 4.85. The zero-order valence-corrected chi connectivity index (χ0v) is 25.7. The third kappa shape index (κ3) is 9.29. The van der Waals surface area contributed by atoms with Crippen molar-refractivity contribution in [1.29, 1.82) is 0 Å². The number of rotatable bonds is 15. The Hall–Kier alpha value is -5.92. The normalized spacial score (nSPS) is 11.2. The number of nitrogens with zero attached hydrogens (tertiary/aromatic N) is 1. The molecule has 0 fully saturated rings. The van der Waals surface area contributed by atoms with E-state index in [0.29, 0.717) is 30.4 Å². The molecule has 248 valence electrons. The highest BCUT2D eigenvalue weighted by Gasteiger charge is 2.30. The highest BCUT2D eigenvalue weighted by molar-refractivity contribution is 6.39. The highest BCUT2D eigenvalue weighted by atomic mass is 16.5. The Balaban J connectivity index is 1.72. The van der Waals surface area contributed by atoms with Crippen LogP contribution >= 0.6 is 0 Å². The van der Waals surface area contributed by atoms with E-state index in [2.05, 4.69) is 10.6 Å². The number of nitrogens with one attached hydrogen (secondary N) is 2. The van der Waals surface area contributed by atoms with Crippen molar-refractivity contribution >= 4 is 47.0 Å². The minimum Gasteiger partial charge on any atom is -0.507 e. The van der Waals surface area contributed by atoms with Crippen molar-refractivity contribution in [2.24, 2.45) is 0 Å². The van der Waals surface area contributed by atoms with Gasteiger partial charge in [-0.3, -0.25) is 19.3 Å². The van der Waals surface area contributed by atoms with Gasteiger partial charge in [0.25, 0.3) is 0 Å². The van der Waals surface area contributed by atoms with Crippen LogP contribution in [-0.2, 0) is 32.0 Å². The van der Waals surface area contributed by atoms with Crippen LogP contribution in [0.25, 0.3) is 0 Å². The maximum atomic E-state index is 13.1. The molecule has 0 saturated carbocycles. The van der Waals surface area contributed by atoms with Gasteiger partial charge in [0, 0.05) is 19.9 Å². The molecule has 0 aliphatic heterocycles. The van der Waals surface area contributed by atoms with Gasteiger partial charge in [-0.25, -0.2) is 14.4 Å². The van der Waals surface area contributed by atoms with Crippen LogP contribution in [0.15, 0.2) is 60.7 Å². The third-order valence-electron chi connectivity index (χ3n) is 7.01. The fraction of sp³-hybridized carbons (Fsp3) is 0.273. The number of carboxylic acid groups (broad SMARTS) is 3. The third-order valence-corrected chi connectivity index (χ3v) is 7.01. The molecule has 0 saturated heterocycles. The van der Waals surface area contributed by atoms with Gasteiger partial charge in [-0.2, -0.15) is 0 Å². The fourth-order valence-corrected chi connectivity index (χ4v) is 4.85. The zero-order chi connectivity index (χ0) is 34.7. The molecule has 0 aromatic heterocycles. The number of amides is 3. The minimum atomic E-state index is -1.78. The Morgan fingerprint density at radius 3 is 2.23 bits per heavy atom. The SMILES string of the molecule is CCc1cc(C[C@H](NC(C)=O)C(=O)NCCCCOc2cccc(O)c2C(=O)O)ccc1N(C(=O)C(=O)O)c1ccccc1C(=O)O. The van der Waals surface area contributed by atoms with Crippen molar-refractivity contribution in [3.63, 3.8) is 0 Å². The molecule has 3 aromatic rings. The smallest absolute Gasteiger partial charge is 0.395 e. The second-order valence-corrected chi connectivity index (χ2v) is 10.3. The van der Waals surface area contributed by atoms with Gasteiger partial charge in [-0.05, 0) is 60.7 Å². The van der Waals surface area contributed by atoms with E-state index in [0.717, 1.165) is 4.90 Å². The number of aliphatic carboxylic acids is 1. The van der Waals surface area contributed by atoms with Crippen LogP contribution in [0.3, 0.4) is 0 Å². The van der Waals surface area contributed by atoms with Gasteiger partial charge in [0.1, 0.15) is 23.1 Å². The molecular formula is C33H35N3O11. The maximum absolute atomic E-state index is 13.1. The number of aryl methyl sites for hydroxylation is 1. The van der Waals surface area contributed by atoms with E-state index < -0.39 is 47.4 Å². The van der Waals surface area contributed by atoms with Crippen LogP contribution in [0.2, 0.25) is 0 Å². The monoisotopic (exact) mass is 649 g/mol. The number of unbranched alkanes of at least 4 members (excludes halogenated alkanes) is 1. The summed E-state index contributed by atoms with van der Waals surface area (Å²) in [6.07, 6.45) is 1.27. The second-order valence-electron chi connectivity index (χ2n) is 10.3. The summed E-state index contributed by atoms with van der Waals surface area (Å²) in [5.41, 5.74) is 0.497. The van der Waals surface area contributed by atoms with Crippen molar-refractivity contribution in [2.45, 2.75) is 45.6 Å². The van der Waals surface area contributed by atoms with E-state index in [1.807, 2.05) is 0 Å². The first-order valence-electron chi connectivity index (χ1n) is 14.6. The lowest BCUT2D eigenvalue weighted by atomic mass is 9.99. The summed E-state index contributed by atoms with van der Waals surface area (Å²) < 4.78 is 5.49. The number of phenols is 1. The topological polar surface area (TPSA) is 220 Å². The molecule has 47 heavy (non-hydrogen) atoms. The first kappa shape index (κ1) is 35.6. The predicted octanol–water partition coefficient (Wildman–Crippen LogP) is 3.12. The van der Waals surface area contributed by atoms with Gasteiger partial charge in [-0.1, -0.05) is 37.3 Å². The summed E-state index contributed by atoms with van der Waals surface area (Å²) >= 11 is 0. The quantitative estimate of drug-likeness (QED) is 0.104. The largest absolute Gasteiger partial charge is 0.507 e. The lowest BCUT2D eigenvalue weighted by Gasteiger charge is -2.26. The van der Waals surface area contributed by atoms with Crippen LogP contribution in [0.4, 0.5) is 11.4 Å². The van der Waals surface area contributed by atoms with Gasteiger partial charge in [0.05, 0.1) is 23.5 Å². The molecule has 0 aliphatic rings. The lowest BCUT2D eigenvalue weighted by Crippen LogP contribution is -2.47. The van der Waals surface area contributed by atoms with E-state index in [1.165, 1.54) is 55.5 Å². The first-order valence-corrected chi connectivity index (χ1v) is 14.6. The number of ether oxygens (including phenoxy) is 1. The summed E-state index contributed by atoms with van der Waals surface area (Å²) in [7, 11) is 0. The summed E-state index contributed by atoms with van der Waals surface area (Å²) in [6, 6.07) is 13.4. The number of carbonyl (C=O) groups excluding carboxylic acids is 3. The van der Waals surface area contributed by atoms with Gasteiger partial charge in [-0.15, -0.1) is 0 Å². The van der Waals surface area contributed by atoms with E-state index in [-0.39, 0.29) is 47.8 Å². The van der Waals surface area contributed by atoms with Crippen LogP contribution in [0, 0.1) is 0 Å². The molecule has 0 aliphatic carbocycles. The molecule has 3 rings (SSSR count). The molecule has 0 bridgehead atoms. The summed E-state index contributed by atoms with van der Waals surface area (Å²) in [6.45, 7) is 3.37. The second kappa shape index (κ2) is 16.4. The lowest BCUT2D eigenvalue weighted by molar-refractivity contribution is -0.148. The number of aromatic carboxylic acids is 2. The van der Waals surface area contributed by atoms with Crippen LogP contribution in [0.1, 0.15) is 58.5 Å². The summed E-state index contributed by atoms with van der Waals surface area (Å²) in [5.74, 6) is -7.13. The van der Waals surface area contributed by atoms with Crippen molar-refractivity contribution < 1.29 is 53.9 Å². The molecule has 0 unspecified atom stereocenters. The van der Waals surface area contributed by atoms with Gasteiger partial charge in [0.15, 0.2) is 0 Å². The molecule has 1 atom stereocenters. The molecule has 3 aromatic carbocycles. The highest BCUT2D eigenvalue weighted by Crippen LogP contribution is 2.33. The van der Waals surface area contributed by atoms with E-state index in [4.69, 9.17) is 4.74 Å². The van der Waals surface area contributed by atoms with Crippen LogP contribution in [-0.4, -0.2) is 75.2 Å². The van der Waals surface area contributed by atoms with E-state index in [1.54, 1.807) is 19.1 Å². The Morgan fingerprint density at radius 1 is 0.872 bits per heavy atom. The number of anilines is 2. The number of benzene rings is 3. The standard InChI is InChI=1S/C33H35N3O11/c1-3-21-17-20(13-14-24(21)36(30(40)33(45)46)25-10-5-4-9-22(25)31(41)42)18-23(35-19(2)37)29(39)34-15-6-7-16-47-27-12-8-11-26(38)28(27)32(43)44/h4-5,8-14,17,23,38H,3,6-7,15-16,18H2,1-2H3,(H,34,39)(H,35,37)(H,41,42)(H,43,44)(H,45,46)/t23-/m0/s1. The minimum absolute atomic E-state index is 0.0197. The summed E-state index contributed by atoms with van der Waals surface area (Å²) in [4.78, 5) is 73.7. The number of hydrogen-bond donors (Lipinski definition) is 6. The summed E-state index contributed by atoms with van der Waals surface area (Å²) in [5, 5.41) is 43.6. The molecule has 0 radical (unpaired) electrons. The van der Waals surface area contributed by atoms with E-state index >= 15 is 0 Å². The number of carboxylic acids is 3. The van der Waals surface area contributed by atoms with Crippen molar-refractivity contribution in [3.8, 4) is 11.5 Å². The van der Waals surface area contributed by atoms with Gasteiger partial charge < -0.3 is 35.8 Å². The van der Waals surface area contributed by atoms with Crippen molar-refractivity contribution in [1.82, 2.24) is 10.6 Å². The average Bonchev–Trinajstić information content (AvgIpc) is 3.02. The van der Waals surface area contributed by atoms with Gasteiger partial charge in [0.2, 0.25) is 11.8 Å². The molecular weight excluding hydrogens is 614 g/mol. The van der Waals surface area contributed by atoms with Gasteiger partial charge >= 0.3 is 23.8 Å². The molecule has 14 nitrogen and oxygen atoms in total. The molecule has 14 heteroatoms. The number of para-hydroxylation sites is 1.